The molecule has 3 rings (SSSR count). The van der Waals surface area contributed by atoms with Crippen LogP contribution in [0.1, 0.15) is 5.56 Å². The zero-order valence-electron chi connectivity index (χ0n) is 12.7. The van der Waals surface area contributed by atoms with Gasteiger partial charge < -0.3 is 4.74 Å². The predicted molar refractivity (Wildman–Crippen MR) is 80.8 cm³/mol. The Hall–Kier alpha value is -2.70. The zero-order valence-corrected chi connectivity index (χ0v) is 12.7. The van der Waals surface area contributed by atoms with Crippen LogP contribution in [0.4, 0.5) is 26.3 Å². The molecule has 0 unspecified atom stereocenters. The molecule has 0 aliphatic rings. The number of hydrogen-bond acceptors (Lipinski definition) is 1. The van der Waals surface area contributed by atoms with E-state index in [-0.39, 0.29) is 27.6 Å². The van der Waals surface area contributed by atoms with Gasteiger partial charge in [0.15, 0.2) is 0 Å². The van der Waals surface area contributed by atoms with Gasteiger partial charge in [0.25, 0.3) is 0 Å². The quantitative estimate of drug-likeness (QED) is 0.516. The Balaban J connectivity index is 2.18. The molecule has 0 saturated heterocycles. The molecule has 0 fully saturated rings. The summed E-state index contributed by atoms with van der Waals surface area (Å²) >= 11 is 0. The number of halogens is 6. The first kappa shape index (κ1) is 17.1. The Morgan fingerprint density at radius 3 is 2.04 bits per heavy atom. The van der Waals surface area contributed by atoms with E-state index in [1.54, 1.807) is 0 Å². The van der Waals surface area contributed by atoms with E-state index in [1.165, 1.54) is 19.2 Å². The number of fused-ring (bicyclic) bond motifs is 1. The molecule has 0 aliphatic carbocycles. The average molecular weight is 356 g/mol. The SMILES string of the molecule is COc1cc(F)c(-c2ccc3c(F)c(C(F)(F)F)ccc3c2)c(F)c1. The maximum absolute atomic E-state index is 14.1. The minimum Gasteiger partial charge on any atom is -0.497 e. The van der Waals surface area contributed by atoms with Crippen molar-refractivity contribution in [2.75, 3.05) is 7.11 Å². The van der Waals surface area contributed by atoms with Crippen LogP contribution in [0, 0.1) is 17.5 Å². The summed E-state index contributed by atoms with van der Waals surface area (Å²) in [6.45, 7) is 0. The van der Waals surface area contributed by atoms with Crippen molar-refractivity contribution in [3.63, 3.8) is 0 Å². The van der Waals surface area contributed by atoms with Crippen LogP contribution in [0.15, 0.2) is 42.5 Å². The van der Waals surface area contributed by atoms with Crippen LogP contribution < -0.4 is 4.74 Å². The third-order valence-corrected chi connectivity index (χ3v) is 3.80. The van der Waals surface area contributed by atoms with E-state index in [9.17, 15) is 26.3 Å². The molecule has 0 N–H and O–H groups in total. The number of hydrogen-bond donors (Lipinski definition) is 0. The number of ether oxygens (including phenoxy) is 1. The predicted octanol–water partition coefficient (Wildman–Crippen LogP) is 5.95. The first-order chi connectivity index (χ1) is 11.7. The van der Waals surface area contributed by atoms with Crippen LogP contribution in [0.5, 0.6) is 5.75 Å². The monoisotopic (exact) mass is 356 g/mol. The van der Waals surface area contributed by atoms with E-state index in [1.807, 2.05) is 0 Å². The van der Waals surface area contributed by atoms with Crippen LogP contribution in [-0.2, 0) is 6.18 Å². The molecule has 0 saturated carbocycles. The summed E-state index contributed by atoms with van der Waals surface area (Å²) in [7, 11) is 1.25. The summed E-state index contributed by atoms with van der Waals surface area (Å²) < 4.78 is 85.4. The molecule has 0 bridgehead atoms. The van der Waals surface area contributed by atoms with Crippen molar-refractivity contribution >= 4 is 10.8 Å². The van der Waals surface area contributed by atoms with E-state index in [0.717, 1.165) is 24.3 Å². The van der Waals surface area contributed by atoms with Crippen molar-refractivity contribution in [2.24, 2.45) is 0 Å². The summed E-state index contributed by atoms with van der Waals surface area (Å²) in [4.78, 5) is 0. The minimum absolute atomic E-state index is 0.0135. The van der Waals surface area contributed by atoms with Gasteiger partial charge in [-0.25, -0.2) is 13.2 Å². The molecular weight excluding hydrogens is 346 g/mol. The summed E-state index contributed by atoms with van der Waals surface area (Å²) in [5.74, 6) is -3.24. The van der Waals surface area contributed by atoms with Crippen LogP contribution >= 0.6 is 0 Å². The van der Waals surface area contributed by atoms with Crippen LogP contribution in [0.25, 0.3) is 21.9 Å². The van der Waals surface area contributed by atoms with Gasteiger partial charge in [0, 0.05) is 17.5 Å². The highest BCUT2D eigenvalue weighted by Gasteiger charge is 2.34. The van der Waals surface area contributed by atoms with Crippen LogP contribution in [-0.4, -0.2) is 7.11 Å². The lowest BCUT2D eigenvalue weighted by atomic mass is 9.98. The van der Waals surface area contributed by atoms with Gasteiger partial charge >= 0.3 is 6.18 Å². The fourth-order valence-electron chi connectivity index (χ4n) is 2.61. The molecule has 0 heterocycles. The van der Waals surface area contributed by atoms with E-state index in [0.29, 0.717) is 6.07 Å². The van der Waals surface area contributed by atoms with Crippen molar-refractivity contribution in [3.8, 4) is 16.9 Å². The molecule has 0 aliphatic heterocycles. The standard InChI is InChI=1S/C18H10F6O/c1-25-11-7-14(19)16(15(20)8-11)10-2-4-12-9(6-10)3-5-13(17(12)21)18(22,23)24/h2-8H,1H3. The Morgan fingerprint density at radius 2 is 1.48 bits per heavy atom. The molecule has 0 radical (unpaired) electrons. The minimum atomic E-state index is -4.83. The number of alkyl halides is 3. The molecule has 25 heavy (non-hydrogen) atoms. The molecule has 0 spiro atoms. The highest BCUT2D eigenvalue weighted by Crippen LogP contribution is 2.36. The molecule has 0 aromatic heterocycles. The number of benzene rings is 3. The normalized spacial score (nSPS) is 11.8. The molecule has 3 aromatic carbocycles. The first-order valence-electron chi connectivity index (χ1n) is 7.05. The number of rotatable bonds is 2. The second kappa shape index (κ2) is 5.98. The van der Waals surface area contributed by atoms with E-state index < -0.39 is 29.2 Å². The lowest BCUT2D eigenvalue weighted by molar-refractivity contribution is -0.139. The molecule has 7 heteroatoms. The second-order valence-electron chi connectivity index (χ2n) is 5.33. The third-order valence-electron chi connectivity index (χ3n) is 3.80. The van der Waals surface area contributed by atoms with Gasteiger partial charge in [-0.05, 0) is 23.1 Å². The second-order valence-corrected chi connectivity index (χ2v) is 5.33. The van der Waals surface area contributed by atoms with Crippen molar-refractivity contribution in [2.45, 2.75) is 6.18 Å². The van der Waals surface area contributed by atoms with Gasteiger partial charge in [0.1, 0.15) is 23.2 Å². The lowest BCUT2D eigenvalue weighted by Gasteiger charge is -2.12. The average Bonchev–Trinajstić information content (AvgIpc) is 2.53. The molecule has 1 nitrogen and oxygen atoms in total. The summed E-state index contributed by atoms with van der Waals surface area (Å²) in [5, 5.41) is -0.189. The molecule has 130 valence electrons. The summed E-state index contributed by atoms with van der Waals surface area (Å²) in [5.41, 5.74) is -1.69. The topological polar surface area (TPSA) is 9.23 Å². The Bertz CT molecular complexity index is 939. The molecular formula is C18H10F6O. The van der Waals surface area contributed by atoms with E-state index in [2.05, 4.69) is 0 Å². The number of methoxy groups -OCH3 is 1. The zero-order chi connectivity index (χ0) is 18.4. The van der Waals surface area contributed by atoms with E-state index in [4.69, 9.17) is 4.74 Å². The van der Waals surface area contributed by atoms with Crippen molar-refractivity contribution in [3.05, 3.63) is 65.5 Å². The summed E-state index contributed by atoms with van der Waals surface area (Å²) in [6.07, 6.45) is -4.83. The van der Waals surface area contributed by atoms with Gasteiger partial charge in [0.2, 0.25) is 0 Å². The largest absolute Gasteiger partial charge is 0.497 e. The maximum Gasteiger partial charge on any atom is 0.419 e. The highest BCUT2D eigenvalue weighted by atomic mass is 19.4. The Kier molecular flexibility index (Phi) is 4.10. The van der Waals surface area contributed by atoms with Crippen molar-refractivity contribution in [1.29, 1.82) is 0 Å². The lowest BCUT2D eigenvalue weighted by Crippen LogP contribution is -2.08. The smallest absolute Gasteiger partial charge is 0.419 e. The van der Waals surface area contributed by atoms with Gasteiger partial charge in [-0.3, -0.25) is 0 Å². The van der Waals surface area contributed by atoms with Crippen molar-refractivity contribution < 1.29 is 31.1 Å². The fourth-order valence-corrected chi connectivity index (χ4v) is 2.61. The summed E-state index contributed by atoms with van der Waals surface area (Å²) in [6, 6.07) is 7.09. The third kappa shape index (κ3) is 3.01. The highest BCUT2D eigenvalue weighted by molar-refractivity contribution is 5.88. The molecule has 3 aromatic rings. The van der Waals surface area contributed by atoms with Gasteiger partial charge in [0.05, 0.1) is 18.2 Å². The van der Waals surface area contributed by atoms with Crippen molar-refractivity contribution in [1.82, 2.24) is 0 Å². The van der Waals surface area contributed by atoms with Gasteiger partial charge in [-0.1, -0.05) is 18.2 Å². The fraction of sp³-hybridized carbons (Fsp3) is 0.111. The molecule has 0 atom stereocenters. The van der Waals surface area contributed by atoms with Crippen LogP contribution in [0.2, 0.25) is 0 Å². The Labute approximate surface area is 138 Å². The molecule has 0 amide bonds. The maximum atomic E-state index is 14.1. The Morgan fingerprint density at radius 1 is 0.840 bits per heavy atom. The van der Waals surface area contributed by atoms with Gasteiger partial charge in [-0.15, -0.1) is 0 Å². The first-order valence-corrected chi connectivity index (χ1v) is 7.05. The van der Waals surface area contributed by atoms with E-state index >= 15 is 0 Å². The van der Waals surface area contributed by atoms with Crippen LogP contribution in [0.3, 0.4) is 0 Å². The van der Waals surface area contributed by atoms with Gasteiger partial charge in [-0.2, -0.15) is 13.2 Å².